The zero-order valence-corrected chi connectivity index (χ0v) is 18.2. The van der Waals surface area contributed by atoms with E-state index >= 15 is 0 Å². The van der Waals surface area contributed by atoms with Crippen LogP contribution in [0.15, 0.2) is 17.5 Å². The number of hydrogen-bond donors (Lipinski definition) is 2. The van der Waals surface area contributed by atoms with E-state index in [9.17, 15) is 14.4 Å². The number of aryl methyl sites for hydroxylation is 3. The summed E-state index contributed by atoms with van der Waals surface area (Å²) in [7, 11) is 0. The van der Waals surface area contributed by atoms with Crippen LogP contribution in [0, 0.1) is 20.8 Å². The quantitative estimate of drug-likeness (QED) is 0.704. The third kappa shape index (κ3) is 4.48. The first-order valence-electron chi connectivity index (χ1n) is 9.56. The van der Waals surface area contributed by atoms with E-state index in [4.69, 9.17) is 0 Å². The number of carbonyl (C=O) groups excluding carboxylic acids is 3. The molecule has 0 saturated carbocycles. The summed E-state index contributed by atoms with van der Waals surface area (Å²) in [4.78, 5) is 42.0. The third-order valence-corrected chi connectivity index (χ3v) is 5.67. The highest BCUT2D eigenvalue weighted by Gasteiger charge is 2.43. The normalized spacial score (nSPS) is 15.6. The van der Waals surface area contributed by atoms with Gasteiger partial charge in [0.15, 0.2) is 5.13 Å². The molecule has 0 atom stereocenters. The maximum absolute atomic E-state index is 12.3. The molecule has 2 aromatic rings. The minimum Gasteiger partial charge on any atom is -0.324 e. The lowest BCUT2D eigenvalue weighted by atomic mass is 9.98. The van der Waals surface area contributed by atoms with Crippen LogP contribution in [0.25, 0.3) is 11.3 Å². The number of aromatic nitrogens is 1. The molecule has 29 heavy (non-hydrogen) atoms. The second-order valence-electron chi connectivity index (χ2n) is 7.98. The summed E-state index contributed by atoms with van der Waals surface area (Å²) < 4.78 is 0. The van der Waals surface area contributed by atoms with Crippen molar-refractivity contribution in [2.75, 3.05) is 11.9 Å². The molecule has 0 unspecified atom stereocenters. The second kappa shape index (κ2) is 7.94. The summed E-state index contributed by atoms with van der Waals surface area (Å²) >= 11 is 1.38. The second-order valence-corrected chi connectivity index (χ2v) is 8.83. The van der Waals surface area contributed by atoms with Gasteiger partial charge in [-0.3, -0.25) is 14.5 Å². The molecule has 2 N–H and O–H groups in total. The summed E-state index contributed by atoms with van der Waals surface area (Å²) in [5, 5.41) is 7.92. The van der Waals surface area contributed by atoms with Crippen LogP contribution < -0.4 is 10.6 Å². The molecule has 4 amide bonds. The standard InChI is InChI=1S/C21H26N4O3S/c1-12-9-13(2)17(14(3)10-12)15-11-29-19(22-15)23-16(26)7-6-8-25-18(27)21(4,5)24-20(25)28/h9-11H,6-8H2,1-5H3,(H,24,28)(H,22,23,26). The SMILES string of the molecule is Cc1cc(C)c(-c2csc(NC(=O)CCCN3C(=O)NC(C)(C)C3=O)n2)c(C)c1. The number of hydrogen-bond acceptors (Lipinski definition) is 5. The summed E-state index contributed by atoms with van der Waals surface area (Å²) in [5.41, 5.74) is 4.57. The van der Waals surface area contributed by atoms with Crippen molar-refractivity contribution >= 4 is 34.3 Å². The van der Waals surface area contributed by atoms with Gasteiger partial charge in [0.25, 0.3) is 5.91 Å². The van der Waals surface area contributed by atoms with Crippen LogP contribution in [0.3, 0.4) is 0 Å². The van der Waals surface area contributed by atoms with Crippen molar-refractivity contribution in [3.8, 4) is 11.3 Å². The molecule has 1 aliphatic rings. The Bertz CT molecular complexity index is 957. The highest BCUT2D eigenvalue weighted by Crippen LogP contribution is 2.31. The van der Waals surface area contributed by atoms with Gasteiger partial charge in [0.1, 0.15) is 5.54 Å². The molecule has 1 saturated heterocycles. The highest BCUT2D eigenvalue weighted by molar-refractivity contribution is 7.14. The third-order valence-electron chi connectivity index (χ3n) is 4.91. The van der Waals surface area contributed by atoms with Crippen molar-refractivity contribution in [3.63, 3.8) is 0 Å². The topological polar surface area (TPSA) is 91.4 Å². The fraction of sp³-hybridized carbons (Fsp3) is 0.429. The minimum absolute atomic E-state index is 0.186. The van der Waals surface area contributed by atoms with Gasteiger partial charge in [0, 0.05) is 23.9 Å². The zero-order valence-electron chi connectivity index (χ0n) is 17.4. The maximum Gasteiger partial charge on any atom is 0.325 e. The van der Waals surface area contributed by atoms with E-state index in [1.54, 1.807) is 13.8 Å². The number of rotatable bonds is 6. The molecule has 3 rings (SSSR count). The average molecular weight is 415 g/mol. The van der Waals surface area contributed by atoms with Crippen molar-refractivity contribution in [2.24, 2.45) is 0 Å². The fourth-order valence-electron chi connectivity index (χ4n) is 3.63. The Balaban J connectivity index is 1.56. The summed E-state index contributed by atoms with van der Waals surface area (Å²) in [5.74, 6) is -0.453. The van der Waals surface area contributed by atoms with Crippen molar-refractivity contribution in [1.82, 2.24) is 15.2 Å². The number of thiazole rings is 1. The van der Waals surface area contributed by atoms with Gasteiger partial charge in [-0.2, -0.15) is 0 Å². The molecule has 0 spiro atoms. The minimum atomic E-state index is -0.886. The first-order chi connectivity index (χ1) is 13.6. The predicted octanol–water partition coefficient (Wildman–Crippen LogP) is 3.78. The van der Waals surface area contributed by atoms with Gasteiger partial charge in [-0.1, -0.05) is 17.7 Å². The molecule has 0 radical (unpaired) electrons. The van der Waals surface area contributed by atoms with Crippen LogP contribution in [0.5, 0.6) is 0 Å². The summed E-state index contributed by atoms with van der Waals surface area (Å²) in [6.45, 7) is 9.73. The van der Waals surface area contributed by atoms with E-state index in [0.29, 0.717) is 11.6 Å². The van der Waals surface area contributed by atoms with Crippen molar-refractivity contribution in [2.45, 2.75) is 53.0 Å². The lowest BCUT2D eigenvalue weighted by molar-refractivity contribution is -0.130. The first-order valence-corrected chi connectivity index (χ1v) is 10.4. The van der Waals surface area contributed by atoms with E-state index in [1.165, 1.54) is 16.9 Å². The lowest BCUT2D eigenvalue weighted by Crippen LogP contribution is -2.40. The highest BCUT2D eigenvalue weighted by atomic mass is 32.1. The number of nitrogens with one attached hydrogen (secondary N) is 2. The summed E-state index contributed by atoms with van der Waals surface area (Å²) in [6, 6.07) is 3.84. The number of urea groups is 1. The largest absolute Gasteiger partial charge is 0.325 e. The predicted molar refractivity (Wildman–Crippen MR) is 114 cm³/mol. The molecule has 1 fully saturated rings. The van der Waals surface area contributed by atoms with Crippen LogP contribution in [-0.2, 0) is 9.59 Å². The van der Waals surface area contributed by atoms with Crippen molar-refractivity contribution < 1.29 is 14.4 Å². The lowest BCUT2D eigenvalue weighted by Gasteiger charge is -2.15. The average Bonchev–Trinajstić information content (AvgIpc) is 3.11. The van der Waals surface area contributed by atoms with E-state index in [2.05, 4.69) is 48.5 Å². The summed E-state index contributed by atoms with van der Waals surface area (Å²) in [6.07, 6.45) is 0.602. The molecule has 0 aliphatic carbocycles. The molecule has 1 aromatic heterocycles. The van der Waals surface area contributed by atoms with Gasteiger partial charge in [0.05, 0.1) is 5.69 Å². The molecule has 8 heteroatoms. The monoisotopic (exact) mass is 414 g/mol. The Morgan fingerprint density at radius 3 is 2.45 bits per heavy atom. The van der Waals surface area contributed by atoms with E-state index in [-0.39, 0.29) is 24.8 Å². The molecule has 1 aromatic carbocycles. The number of imide groups is 1. The van der Waals surface area contributed by atoms with Gasteiger partial charge in [0.2, 0.25) is 5.91 Å². The van der Waals surface area contributed by atoms with Gasteiger partial charge in [-0.05, 0) is 52.2 Å². The van der Waals surface area contributed by atoms with Crippen molar-refractivity contribution in [3.05, 3.63) is 34.2 Å². The van der Waals surface area contributed by atoms with Gasteiger partial charge in [-0.15, -0.1) is 11.3 Å². The fourth-order valence-corrected chi connectivity index (χ4v) is 4.35. The van der Waals surface area contributed by atoms with Crippen LogP contribution in [0.1, 0.15) is 43.4 Å². The Labute approximate surface area is 174 Å². The number of nitrogens with zero attached hydrogens (tertiary/aromatic N) is 2. The van der Waals surface area contributed by atoms with Crippen LogP contribution in [-0.4, -0.2) is 39.8 Å². The molecule has 1 aliphatic heterocycles. The Kier molecular flexibility index (Phi) is 5.75. The van der Waals surface area contributed by atoms with Crippen LogP contribution in [0.4, 0.5) is 9.93 Å². The molecule has 2 heterocycles. The van der Waals surface area contributed by atoms with Gasteiger partial charge >= 0.3 is 6.03 Å². The first kappa shape index (κ1) is 21.0. The maximum atomic E-state index is 12.3. The Morgan fingerprint density at radius 2 is 1.86 bits per heavy atom. The molecule has 154 valence electrons. The smallest absolute Gasteiger partial charge is 0.324 e. The molecular weight excluding hydrogens is 388 g/mol. The number of anilines is 1. The Hall–Kier alpha value is -2.74. The zero-order chi connectivity index (χ0) is 21.3. The number of benzene rings is 1. The van der Waals surface area contributed by atoms with E-state index in [0.717, 1.165) is 27.3 Å². The van der Waals surface area contributed by atoms with Crippen LogP contribution >= 0.6 is 11.3 Å². The Morgan fingerprint density at radius 1 is 1.21 bits per heavy atom. The van der Waals surface area contributed by atoms with E-state index in [1.807, 2.05) is 5.38 Å². The van der Waals surface area contributed by atoms with E-state index < -0.39 is 11.6 Å². The van der Waals surface area contributed by atoms with Crippen LogP contribution in [0.2, 0.25) is 0 Å². The van der Waals surface area contributed by atoms with Gasteiger partial charge in [-0.25, -0.2) is 9.78 Å². The molecular formula is C21H26N4O3S. The molecule has 0 bridgehead atoms. The number of carbonyl (C=O) groups is 3. The van der Waals surface area contributed by atoms with Crippen molar-refractivity contribution in [1.29, 1.82) is 0 Å². The van der Waals surface area contributed by atoms with Gasteiger partial charge < -0.3 is 10.6 Å². The number of amides is 4. The molecule has 7 nitrogen and oxygen atoms in total.